The van der Waals surface area contributed by atoms with Crippen molar-refractivity contribution in [3.63, 3.8) is 0 Å². The molecule has 0 radical (unpaired) electrons. The van der Waals surface area contributed by atoms with E-state index in [2.05, 4.69) is 27.4 Å². The first kappa shape index (κ1) is 19.0. The van der Waals surface area contributed by atoms with Gasteiger partial charge in [-0.15, -0.1) is 0 Å². The van der Waals surface area contributed by atoms with Crippen LogP contribution in [0.2, 0.25) is 0 Å². The summed E-state index contributed by atoms with van der Waals surface area (Å²) in [5, 5.41) is 6.07. The predicted molar refractivity (Wildman–Crippen MR) is 98.6 cm³/mol. The standard InChI is InChI=1S/C18H29N5O2/c1-4-20-18(22-13-15-5-6-17(25-3)21-12-15)23-9-7-14(8-10-23)11-16(24)19-2/h5-6,12,14H,4,7-11,13H2,1-3H3,(H,19,24)(H,20,22). The molecule has 1 saturated heterocycles. The first-order chi connectivity index (χ1) is 12.2. The number of aliphatic imine (C=N–C) groups is 1. The molecule has 7 nitrogen and oxygen atoms in total. The maximum absolute atomic E-state index is 11.5. The summed E-state index contributed by atoms with van der Waals surface area (Å²) in [6.45, 7) is 5.33. The van der Waals surface area contributed by atoms with Crippen LogP contribution in [0.25, 0.3) is 0 Å². The van der Waals surface area contributed by atoms with Crippen molar-refractivity contribution in [1.29, 1.82) is 0 Å². The van der Waals surface area contributed by atoms with Gasteiger partial charge in [-0.3, -0.25) is 4.79 Å². The van der Waals surface area contributed by atoms with E-state index in [1.165, 1.54) is 0 Å². The van der Waals surface area contributed by atoms with E-state index in [0.29, 0.717) is 24.8 Å². The molecule has 1 aromatic rings. The van der Waals surface area contributed by atoms with E-state index < -0.39 is 0 Å². The van der Waals surface area contributed by atoms with Crippen LogP contribution in [0, 0.1) is 5.92 Å². The van der Waals surface area contributed by atoms with E-state index in [4.69, 9.17) is 9.73 Å². The SMILES string of the molecule is CCNC(=NCc1ccc(OC)nc1)N1CCC(CC(=O)NC)CC1. The third-order valence-corrected chi connectivity index (χ3v) is 4.42. The molecule has 0 atom stereocenters. The molecular weight excluding hydrogens is 318 g/mol. The van der Waals surface area contributed by atoms with E-state index in [1.807, 2.05) is 12.1 Å². The van der Waals surface area contributed by atoms with Crippen LogP contribution in [-0.2, 0) is 11.3 Å². The van der Waals surface area contributed by atoms with Gasteiger partial charge in [0.2, 0.25) is 11.8 Å². The first-order valence-electron chi connectivity index (χ1n) is 8.89. The Morgan fingerprint density at radius 2 is 2.16 bits per heavy atom. The topological polar surface area (TPSA) is 78.9 Å². The molecule has 1 aliphatic rings. The number of methoxy groups -OCH3 is 1. The lowest BCUT2D eigenvalue weighted by Gasteiger charge is -2.34. The molecule has 0 bridgehead atoms. The van der Waals surface area contributed by atoms with E-state index in [-0.39, 0.29) is 5.91 Å². The summed E-state index contributed by atoms with van der Waals surface area (Å²) in [6, 6.07) is 3.83. The number of hydrogen-bond donors (Lipinski definition) is 2. The lowest BCUT2D eigenvalue weighted by molar-refractivity contribution is -0.121. The van der Waals surface area contributed by atoms with Crippen LogP contribution in [0.15, 0.2) is 23.3 Å². The van der Waals surface area contributed by atoms with Crippen molar-refractivity contribution in [2.45, 2.75) is 32.7 Å². The second kappa shape index (κ2) is 9.86. The monoisotopic (exact) mass is 347 g/mol. The number of nitrogens with one attached hydrogen (secondary N) is 2. The summed E-state index contributed by atoms with van der Waals surface area (Å²) in [5.41, 5.74) is 1.05. The van der Waals surface area contributed by atoms with Crippen LogP contribution < -0.4 is 15.4 Å². The Balaban J connectivity index is 1.92. The number of guanidine groups is 1. The van der Waals surface area contributed by atoms with Crippen molar-refractivity contribution in [3.05, 3.63) is 23.9 Å². The average molecular weight is 347 g/mol. The van der Waals surface area contributed by atoms with Crippen molar-refractivity contribution in [2.75, 3.05) is 33.8 Å². The zero-order valence-electron chi connectivity index (χ0n) is 15.4. The molecule has 7 heteroatoms. The first-order valence-corrected chi connectivity index (χ1v) is 8.89. The van der Waals surface area contributed by atoms with Gasteiger partial charge in [-0.25, -0.2) is 9.98 Å². The van der Waals surface area contributed by atoms with Gasteiger partial charge in [-0.1, -0.05) is 6.07 Å². The molecule has 2 N–H and O–H groups in total. The van der Waals surface area contributed by atoms with Crippen molar-refractivity contribution in [3.8, 4) is 5.88 Å². The zero-order chi connectivity index (χ0) is 18.1. The summed E-state index contributed by atoms with van der Waals surface area (Å²) in [4.78, 5) is 22.8. The van der Waals surface area contributed by atoms with Crippen molar-refractivity contribution in [1.82, 2.24) is 20.5 Å². The molecule has 1 fully saturated rings. The summed E-state index contributed by atoms with van der Waals surface area (Å²) in [6.07, 6.45) is 4.45. The third-order valence-electron chi connectivity index (χ3n) is 4.42. The summed E-state index contributed by atoms with van der Waals surface area (Å²) >= 11 is 0. The van der Waals surface area contributed by atoms with Crippen LogP contribution in [-0.4, -0.2) is 55.5 Å². The Kier molecular flexibility index (Phi) is 7.50. The minimum atomic E-state index is 0.131. The number of hydrogen-bond acceptors (Lipinski definition) is 4. The molecule has 0 aromatic carbocycles. The number of nitrogens with zero attached hydrogens (tertiary/aromatic N) is 3. The Hall–Kier alpha value is -2.31. The fraction of sp³-hybridized carbons (Fsp3) is 0.611. The Labute approximate surface area is 149 Å². The zero-order valence-corrected chi connectivity index (χ0v) is 15.4. The largest absolute Gasteiger partial charge is 0.481 e. The van der Waals surface area contributed by atoms with Gasteiger partial charge < -0.3 is 20.3 Å². The van der Waals surface area contributed by atoms with E-state index in [1.54, 1.807) is 20.4 Å². The van der Waals surface area contributed by atoms with Gasteiger partial charge in [-0.2, -0.15) is 0 Å². The van der Waals surface area contributed by atoms with Gasteiger partial charge in [0.25, 0.3) is 0 Å². The van der Waals surface area contributed by atoms with Crippen LogP contribution in [0.4, 0.5) is 0 Å². The van der Waals surface area contributed by atoms with Gasteiger partial charge in [-0.05, 0) is 31.2 Å². The van der Waals surface area contributed by atoms with Gasteiger partial charge >= 0.3 is 0 Å². The fourth-order valence-electron chi connectivity index (χ4n) is 2.93. The normalized spacial score (nSPS) is 15.8. The fourth-order valence-corrected chi connectivity index (χ4v) is 2.93. The number of pyridine rings is 1. The van der Waals surface area contributed by atoms with E-state index in [0.717, 1.165) is 44.0 Å². The number of amides is 1. The van der Waals surface area contributed by atoms with Crippen molar-refractivity contribution < 1.29 is 9.53 Å². The smallest absolute Gasteiger partial charge is 0.220 e. The maximum atomic E-state index is 11.5. The molecule has 0 saturated carbocycles. The second-order valence-electron chi connectivity index (χ2n) is 6.19. The number of piperidine rings is 1. The number of likely N-dealkylation sites (tertiary alicyclic amines) is 1. The Bertz CT molecular complexity index is 565. The number of aromatic nitrogens is 1. The minimum absolute atomic E-state index is 0.131. The van der Waals surface area contributed by atoms with Crippen LogP contribution in [0.3, 0.4) is 0 Å². The van der Waals surface area contributed by atoms with Gasteiger partial charge in [0.1, 0.15) is 0 Å². The molecule has 25 heavy (non-hydrogen) atoms. The molecule has 1 aliphatic heterocycles. The third kappa shape index (κ3) is 5.92. The van der Waals surface area contributed by atoms with Crippen LogP contribution in [0.5, 0.6) is 5.88 Å². The highest BCUT2D eigenvalue weighted by Gasteiger charge is 2.23. The number of carbonyl (C=O) groups is 1. The highest BCUT2D eigenvalue weighted by atomic mass is 16.5. The highest BCUT2D eigenvalue weighted by Crippen LogP contribution is 2.20. The van der Waals surface area contributed by atoms with E-state index in [9.17, 15) is 4.79 Å². The van der Waals surface area contributed by atoms with E-state index >= 15 is 0 Å². The summed E-state index contributed by atoms with van der Waals surface area (Å²) in [7, 11) is 3.30. The molecule has 0 spiro atoms. The Morgan fingerprint density at radius 1 is 1.40 bits per heavy atom. The lowest BCUT2D eigenvalue weighted by Crippen LogP contribution is -2.46. The molecular formula is C18H29N5O2. The number of carbonyl (C=O) groups excluding carboxylic acids is 1. The highest BCUT2D eigenvalue weighted by molar-refractivity contribution is 5.80. The molecule has 1 aromatic heterocycles. The Morgan fingerprint density at radius 3 is 2.72 bits per heavy atom. The predicted octanol–water partition coefficient (Wildman–Crippen LogP) is 1.40. The molecule has 0 aliphatic carbocycles. The summed E-state index contributed by atoms with van der Waals surface area (Å²) in [5.74, 6) is 2.13. The van der Waals surface area contributed by atoms with Crippen molar-refractivity contribution in [2.24, 2.45) is 10.9 Å². The molecule has 138 valence electrons. The van der Waals surface area contributed by atoms with Crippen LogP contribution >= 0.6 is 0 Å². The quantitative estimate of drug-likeness (QED) is 0.601. The number of rotatable bonds is 6. The molecule has 1 amide bonds. The summed E-state index contributed by atoms with van der Waals surface area (Å²) < 4.78 is 5.08. The minimum Gasteiger partial charge on any atom is -0.481 e. The second-order valence-corrected chi connectivity index (χ2v) is 6.19. The lowest BCUT2D eigenvalue weighted by atomic mass is 9.93. The maximum Gasteiger partial charge on any atom is 0.220 e. The van der Waals surface area contributed by atoms with Crippen molar-refractivity contribution >= 4 is 11.9 Å². The average Bonchev–Trinajstić information content (AvgIpc) is 2.66. The van der Waals surface area contributed by atoms with Crippen LogP contribution in [0.1, 0.15) is 31.7 Å². The molecule has 0 unspecified atom stereocenters. The number of ether oxygens (including phenoxy) is 1. The molecule has 2 heterocycles. The molecule has 2 rings (SSSR count). The van der Waals surface area contributed by atoms with Gasteiger partial charge in [0.15, 0.2) is 5.96 Å². The van der Waals surface area contributed by atoms with Gasteiger partial charge in [0, 0.05) is 45.4 Å². The van der Waals surface area contributed by atoms with Gasteiger partial charge in [0.05, 0.1) is 13.7 Å².